The van der Waals surface area contributed by atoms with Crippen LogP contribution in [-0.4, -0.2) is 45.8 Å². The van der Waals surface area contributed by atoms with Crippen molar-refractivity contribution in [2.24, 2.45) is 0 Å². The van der Waals surface area contributed by atoms with Crippen LogP contribution in [0.4, 0.5) is 0 Å². The first-order chi connectivity index (χ1) is 16.0. The number of pyridine rings is 2. The average Bonchev–Trinajstić information content (AvgIpc) is 3.31. The van der Waals surface area contributed by atoms with Gasteiger partial charge in [0.15, 0.2) is 17.3 Å². The Kier molecular flexibility index (Phi) is 8.17. The van der Waals surface area contributed by atoms with Crippen molar-refractivity contribution in [1.29, 1.82) is 0 Å². The largest absolute Gasteiger partial charge is 0.477 e. The highest BCUT2D eigenvalue weighted by Crippen LogP contribution is 2.24. The van der Waals surface area contributed by atoms with Crippen LogP contribution in [0.1, 0.15) is 32.4 Å². The van der Waals surface area contributed by atoms with Gasteiger partial charge in [0.25, 0.3) is 5.24 Å². The Bertz CT molecular complexity index is 1300. The number of carbonyl (C=O) groups excluding carboxylic acids is 1. The van der Waals surface area contributed by atoms with Crippen molar-refractivity contribution in [1.82, 2.24) is 29.5 Å². The van der Waals surface area contributed by atoms with E-state index in [2.05, 4.69) is 20.2 Å². The summed E-state index contributed by atoms with van der Waals surface area (Å²) in [4.78, 5) is 30.3. The van der Waals surface area contributed by atoms with E-state index >= 15 is 0 Å². The Morgan fingerprint density at radius 2 is 1.18 bits per heavy atom. The van der Waals surface area contributed by atoms with Crippen LogP contribution in [0.5, 0.6) is 0 Å². The molecule has 0 amide bonds. The Morgan fingerprint density at radius 1 is 0.765 bits per heavy atom. The molecule has 14 heteroatoms. The van der Waals surface area contributed by atoms with Crippen molar-refractivity contribution in [3.8, 4) is 11.6 Å². The van der Waals surface area contributed by atoms with Gasteiger partial charge in [-0.25, -0.2) is 24.1 Å². The summed E-state index contributed by atoms with van der Waals surface area (Å²) in [5, 5.41) is 17.9. The molecule has 0 saturated heterocycles. The summed E-state index contributed by atoms with van der Waals surface area (Å²) in [5.74, 6) is -0.548. The van der Waals surface area contributed by atoms with Crippen LogP contribution >= 0.6 is 58.0 Å². The van der Waals surface area contributed by atoms with E-state index in [9.17, 15) is 9.59 Å². The predicted molar refractivity (Wildman–Crippen MR) is 129 cm³/mol. The van der Waals surface area contributed by atoms with E-state index in [0.29, 0.717) is 32.3 Å². The Balaban J connectivity index is 0.000000191. The minimum absolute atomic E-state index is 0.000720. The molecule has 0 atom stereocenters. The number of nitrogens with zero attached hydrogens (tertiary/aromatic N) is 6. The summed E-state index contributed by atoms with van der Waals surface area (Å²) in [7, 11) is 0. The summed E-state index contributed by atoms with van der Waals surface area (Å²) in [6.45, 7) is 3.43. The molecule has 0 fully saturated rings. The van der Waals surface area contributed by atoms with Crippen LogP contribution in [0.15, 0.2) is 36.7 Å². The molecule has 0 aliphatic heterocycles. The molecule has 0 aromatic carbocycles. The molecule has 0 bridgehead atoms. The van der Waals surface area contributed by atoms with Gasteiger partial charge < -0.3 is 5.11 Å². The number of aromatic nitrogens is 6. The third kappa shape index (κ3) is 5.86. The van der Waals surface area contributed by atoms with Crippen LogP contribution in [0, 0.1) is 13.8 Å². The molecule has 4 heterocycles. The summed E-state index contributed by atoms with van der Waals surface area (Å²) < 4.78 is 2.47. The smallest absolute Gasteiger partial charge is 0.354 e. The second-order valence-corrected chi connectivity index (χ2v) is 8.69. The number of carboxylic acid groups (broad SMARTS) is 1. The number of aryl methyl sites for hydroxylation is 2. The number of carbonyl (C=O) groups is 2. The molecule has 176 valence electrons. The van der Waals surface area contributed by atoms with E-state index in [1.165, 1.54) is 40.0 Å². The highest BCUT2D eigenvalue weighted by Gasteiger charge is 2.18. The van der Waals surface area contributed by atoms with Crippen LogP contribution in [0.25, 0.3) is 11.6 Å². The number of hydrogen-bond donors (Lipinski definition) is 1. The van der Waals surface area contributed by atoms with Crippen LogP contribution in [0.2, 0.25) is 20.1 Å². The van der Waals surface area contributed by atoms with Gasteiger partial charge in [-0.05, 0) is 49.7 Å². The molecule has 0 saturated carbocycles. The van der Waals surface area contributed by atoms with Crippen molar-refractivity contribution >= 4 is 69.2 Å². The fourth-order valence-electron chi connectivity index (χ4n) is 2.74. The topological polar surface area (TPSA) is 116 Å². The first-order valence-electron chi connectivity index (χ1n) is 9.17. The van der Waals surface area contributed by atoms with E-state index in [4.69, 9.17) is 63.1 Å². The minimum Gasteiger partial charge on any atom is -0.477 e. The van der Waals surface area contributed by atoms with Crippen molar-refractivity contribution in [2.45, 2.75) is 13.8 Å². The number of carboxylic acids is 1. The average molecular weight is 563 g/mol. The highest BCUT2D eigenvalue weighted by molar-refractivity contribution is 6.67. The molecular formula is C20H13Cl5N6O3. The Hall–Kier alpha value is -2.69. The van der Waals surface area contributed by atoms with Crippen molar-refractivity contribution < 1.29 is 14.7 Å². The zero-order valence-electron chi connectivity index (χ0n) is 17.3. The maximum atomic E-state index is 11.2. The molecule has 0 spiro atoms. The lowest BCUT2D eigenvalue weighted by atomic mass is 10.3. The van der Waals surface area contributed by atoms with E-state index < -0.39 is 11.2 Å². The third-order valence-corrected chi connectivity index (χ3v) is 5.22. The molecule has 0 aliphatic rings. The maximum absolute atomic E-state index is 11.2. The van der Waals surface area contributed by atoms with Gasteiger partial charge in [-0.3, -0.25) is 4.79 Å². The summed E-state index contributed by atoms with van der Waals surface area (Å²) in [6, 6.07) is 6.00. The lowest BCUT2D eigenvalue weighted by Crippen LogP contribution is -2.09. The zero-order valence-corrected chi connectivity index (χ0v) is 21.1. The van der Waals surface area contributed by atoms with Crippen molar-refractivity contribution in [2.75, 3.05) is 0 Å². The van der Waals surface area contributed by atoms with Gasteiger partial charge in [0, 0.05) is 12.4 Å². The molecule has 0 aliphatic carbocycles. The third-order valence-electron chi connectivity index (χ3n) is 4.06. The fourth-order valence-corrected chi connectivity index (χ4v) is 3.80. The van der Waals surface area contributed by atoms with Crippen LogP contribution < -0.4 is 0 Å². The van der Waals surface area contributed by atoms with E-state index in [1.807, 2.05) is 0 Å². The minimum atomic E-state index is -1.10. The molecule has 4 aromatic heterocycles. The standard InChI is InChI=1S/C10H6Cl3N3O.C10H7Cl2N3O2/c1-5-2-8(9(13)17)16(15-5)10-7(12)3-6(11)4-14-10;1-5-2-8(10(16)17)15(14-5)9-7(12)3-6(11)4-13-9/h2-4H,1H3;2-4H,1H3,(H,16,17). The molecule has 0 radical (unpaired) electrons. The number of hydrogen-bond acceptors (Lipinski definition) is 6. The van der Waals surface area contributed by atoms with E-state index in [-0.39, 0.29) is 22.2 Å². The Labute approximate surface area is 217 Å². The van der Waals surface area contributed by atoms with Gasteiger partial charge in [-0.2, -0.15) is 10.2 Å². The van der Waals surface area contributed by atoms with E-state index in [1.54, 1.807) is 19.9 Å². The molecule has 1 N–H and O–H groups in total. The molecule has 4 rings (SSSR count). The predicted octanol–water partition coefficient (Wildman–Crippen LogP) is 5.84. The highest BCUT2D eigenvalue weighted by atomic mass is 35.5. The first kappa shape index (κ1) is 25.9. The molecule has 9 nitrogen and oxygen atoms in total. The summed E-state index contributed by atoms with van der Waals surface area (Å²) >= 11 is 28.9. The number of halogens is 5. The van der Waals surface area contributed by atoms with Gasteiger partial charge in [0.1, 0.15) is 5.69 Å². The van der Waals surface area contributed by atoms with Crippen molar-refractivity contribution in [3.05, 3.63) is 79.5 Å². The zero-order chi connectivity index (χ0) is 25.2. The quantitative estimate of drug-likeness (QED) is 0.311. The molecular weight excluding hydrogens is 550 g/mol. The first-order valence-corrected chi connectivity index (χ1v) is 11.1. The molecule has 34 heavy (non-hydrogen) atoms. The SMILES string of the molecule is Cc1cc(C(=O)Cl)n(-c2ncc(Cl)cc2Cl)n1.Cc1cc(C(=O)O)n(-c2ncc(Cl)cc2Cl)n1. The van der Waals surface area contributed by atoms with Gasteiger partial charge in [-0.15, -0.1) is 0 Å². The van der Waals surface area contributed by atoms with E-state index in [0.717, 1.165) is 0 Å². The van der Waals surface area contributed by atoms with Crippen LogP contribution in [0.3, 0.4) is 0 Å². The maximum Gasteiger partial charge on any atom is 0.354 e. The normalized spacial score (nSPS) is 10.6. The monoisotopic (exact) mass is 560 g/mol. The van der Waals surface area contributed by atoms with Crippen molar-refractivity contribution in [3.63, 3.8) is 0 Å². The van der Waals surface area contributed by atoms with Gasteiger partial charge >= 0.3 is 5.97 Å². The fraction of sp³-hybridized carbons (Fsp3) is 0.100. The summed E-state index contributed by atoms with van der Waals surface area (Å²) in [6.07, 6.45) is 2.80. The summed E-state index contributed by atoms with van der Waals surface area (Å²) in [5.41, 5.74) is 1.41. The molecule has 4 aromatic rings. The van der Waals surface area contributed by atoms with Gasteiger partial charge in [0.05, 0.1) is 31.5 Å². The van der Waals surface area contributed by atoms with Crippen LogP contribution in [-0.2, 0) is 0 Å². The lowest BCUT2D eigenvalue weighted by molar-refractivity contribution is 0.0686. The molecule has 0 unspecified atom stereocenters. The van der Waals surface area contributed by atoms with Gasteiger partial charge in [-0.1, -0.05) is 46.4 Å². The lowest BCUT2D eigenvalue weighted by Gasteiger charge is -2.05. The number of aromatic carboxylic acids is 1. The Morgan fingerprint density at radius 3 is 1.56 bits per heavy atom. The number of rotatable bonds is 4. The van der Waals surface area contributed by atoms with Gasteiger partial charge in [0.2, 0.25) is 0 Å². The second kappa shape index (κ2) is 10.7. The second-order valence-electron chi connectivity index (χ2n) is 6.66.